The molecule has 1 fully saturated rings. The SMILES string of the molecule is C/C1=C/CC(C)(C)/C=C\C[C@@]2(C)O[C@@H]2CC1. The summed E-state index contributed by atoms with van der Waals surface area (Å²) in [6, 6.07) is 0. The number of hydrogen-bond donors (Lipinski definition) is 0. The first kappa shape index (κ1) is 11.9. The van der Waals surface area contributed by atoms with Crippen LogP contribution in [0.1, 0.15) is 53.4 Å². The molecule has 2 atom stereocenters. The van der Waals surface area contributed by atoms with Gasteiger partial charge >= 0.3 is 0 Å². The standard InChI is InChI=1S/C15H24O/c1-12-6-7-13-15(4,16-13)10-5-9-14(2,3)11-8-12/h5,8-9,13H,6-7,10-11H2,1-4H3/b9-5-,12-8-/t13-,15-/m1/s1. The summed E-state index contributed by atoms with van der Waals surface area (Å²) in [5.74, 6) is 0. The first-order valence-electron chi connectivity index (χ1n) is 6.42. The van der Waals surface area contributed by atoms with Gasteiger partial charge in [0.2, 0.25) is 0 Å². The molecule has 0 aromatic carbocycles. The Morgan fingerprint density at radius 1 is 1.25 bits per heavy atom. The maximum Gasteiger partial charge on any atom is 0.0954 e. The van der Waals surface area contributed by atoms with Crippen LogP contribution in [0.4, 0.5) is 0 Å². The topological polar surface area (TPSA) is 12.5 Å². The van der Waals surface area contributed by atoms with Crippen LogP contribution < -0.4 is 0 Å². The van der Waals surface area contributed by atoms with Crippen LogP contribution in [-0.4, -0.2) is 11.7 Å². The van der Waals surface area contributed by atoms with Crippen LogP contribution in [0.3, 0.4) is 0 Å². The average molecular weight is 220 g/mol. The van der Waals surface area contributed by atoms with Crippen molar-refractivity contribution >= 4 is 0 Å². The van der Waals surface area contributed by atoms with Gasteiger partial charge in [-0.2, -0.15) is 0 Å². The van der Waals surface area contributed by atoms with Gasteiger partial charge in [0.25, 0.3) is 0 Å². The minimum atomic E-state index is 0.136. The van der Waals surface area contributed by atoms with Gasteiger partial charge < -0.3 is 4.74 Å². The summed E-state index contributed by atoms with van der Waals surface area (Å²) in [6.45, 7) is 9.10. The minimum absolute atomic E-state index is 0.136. The molecule has 16 heavy (non-hydrogen) atoms. The molecule has 2 rings (SSSR count). The van der Waals surface area contributed by atoms with E-state index in [4.69, 9.17) is 4.74 Å². The Kier molecular flexibility index (Phi) is 3.00. The van der Waals surface area contributed by atoms with Crippen molar-refractivity contribution in [3.63, 3.8) is 0 Å². The second-order valence-electron chi connectivity index (χ2n) is 6.31. The molecule has 1 aliphatic carbocycles. The van der Waals surface area contributed by atoms with Gasteiger partial charge in [-0.05, 0) is 44.9 Å². The normalized spacial score (nSPS) is 43.5. The fourth-order valence-electron chi connectivity index (χ4n) is 2.41. The monoisotopic (exact) mass is 220 g/mol. The average Bonchev–Trinajstić information content (AvgIpc) is 2.82. The van der Waals surface area contributed by atoms with Gasteiger partial charge in [0.1, 0.15) is 0 Å². The molecule has 1 heterocycles. The largest absolute Gasteiger partial charge is 0.366 e. The van der Waals surface area contributed by atoms with E-state index in [9.17, 15) is 0 Å². The fraction of sp³-hybridized carbons (Fsp3) is 0.733. The van der Waals surface area contributed by atoms with E-state index >= 15 is 0 Å². The third-order valence-electron chi connectivity index (χ3n) is 3.91. The highest BCUT2D eigenvalue weighted by molar-refractivity contribution is 5.11. The minimum Gasteiger partial charge on any atom is -0.366 e. The Labute approximate surface area is 99.6 Å². The van der Waals surface area contributed by atoms with Gasteiger partial charge in [-0.3, -0.25) is 0 Å². The van der Waals surface area contributed by atoms with E-state index in [1.807, 2.05) is 0 Å². The van der Waals surface area contributed by atoms with E-state index in [0.29, 0.717) is 6.10 Å². The molecule has 1 nitrogen and oxygen atoms in total. The Morgan fingerprint density at radius 3 is 2.75 bits per heavy atom. The summed E-state index contributed by atoms with van der Waals surface area (Å²) in [6.07, 6.45) is 12.2. The molecule has 0 unspecified atom stereocenters. The van der Waals surface area contributed by atoms with Gasteiger partial charge in [0.15, 0.2) is 0 Å². The summed E-state index contributed by atoms with van der Waals surface area (Å²) >= 11 is 0. The Hall–Kier alpha value is -0.560. The molecular weight excluding hydrogens is 196 g/mol. The molecule has 0 aromatic rings. The highest BCUT2D eigenvalue weighted by Gasteiger charge is 2.50. The van der Waals surface area contributed by atoms with E-state index in [2.05, 4.69) is 45.9 Å². The molecule has 0 saturated carbocycles. The molecule has 0 N–H and O–H groups in total. The van der Waals surface area contributed by atoms with Crippen molar-refractivity contribution in [2.45, 2.75) is 65.1 Å². The lowest BCUT2D eigenvalue weighted by Gasteiger charge is -2.18. The molecule has 0 spiro atoms. The van der Waals surface area contributed by atoms with Gasteiger partial charge in [-0.25, -0.2) is 0 Å². The lowest BCUT2D eigenvalue weighted by molar-refractivity contribution is 0.306. The molecule has 90 valence electrons. The van der Waals surface area contributed by atoms with Gasteiger partial charge in [-0.1, -0.05) is 37.6 Å². The smallest absolute Gasteiger partial charge is 0.0954 e. The lowest BCUT2D eigenvalue weighted by Crippen LogP contribution is -2.09. The number of allylic oxidation sites excluding steroid dienone is 3. The molecule has 2 aliphatic rings. The van der Waals surface area contributed by atoms with Crippen LogP contribution in [-0.2, 0) is 4.74 Å². The number of fused-ring (bicyclic) bond motifs is 1. The predicted molar refractivity (Wildman–Crippen MR) is 68.4 cm³/mol. The van der Waals surface area contributed by atoms with Crippen molar-refractivity contribution in [2.75, 3.05) is 0 Å². The van der Waals surface area contributed by atoms with E-state index in [1.165, 1.54) is 18.4 Å². The molecule has 1 aliphatic heterocycles. The second kappa shape index (κ2) is 4.03. The first-order chi connectivity index (χ1) is 7.41. The first-order valence-corrected chi connectivity index (χ1v) is 6.42. The van der Waals surface area contributed by atoms with E-state index in [-0.39, 0.29) is 11.0 Å². The quantitative estimate of drug-likeness (QED) is 0.439. The molecule has 1 saturated heterocycles. The summed E-state index contributed by atoms with van der Waals surface area (Å²) in [5.41, 5.74) is 1.94. The molecule has 0 radical (unpaired) electrons. The summed E-state index contributed by atoms with van der Waals surface area (Å²) < 4.78 is 5.82. The van der Waals surface area contributed by atoms with Crippen LogP contribution in [0, 0.1) is 5.41 Å². The van der Waals surface area contributed by atoms with Crippen molar-refractivity contribution in [3.05, 3.63) is 23.8 Å². The van der Waals surface area contributed by atoms with Crippen molar-refractivity contribution in [2.24, 2.45) is 5.41 Å². The Balaban J connectivity index is 2.11. The van der Waals surface area contributed by atoms with Crippen molar-refractivity contribution in [1.29, 1.82) is 0 Å². The zero-order valence-electron chi connectivity index (χ0n) is 11.0. The van der Waals surface area contributed by atoms with Crippen molar-refractivity contribution in [3.8, 4) is 0 Å². The van der Waals surface area contributed by atoms with E-state index < -0.39 is 0 Å². The zero-order chi connectivity index (χ0) is 11.8. The Morgan fingerprint density at radius 2 is 2.00 bits per heavy atom. The summed E-state index contributed by atoms with van der Waals surface area (Å²) in [5, 5.41) is 0. The summed E-state index contributed by atoms with van der Waals surface area (Å²) in [7, 11) is 0. The van der Waals surface area contributed by atoms with Crippen LogP contribution in [0.2, 0.25) is 0 Å². The highest BCUT2D eigenvalue weighted by atomic mass is 16.6. The fourth-order valence-corrected chi connectivity index (χ4v) is 2.41. The van der Waals surface area contributed by atoms with Crippen LogP contribution >= 0.6 is 0 Å². The molecule has 0 amide bonds. The van der Waals surface area contributed by atoms with Crippen LogP contribution in [0.15, 0.2) is 23.8 Å². The molecule has 1 heteroatoms. The summed E-state index contributed by atoms with van der Waals surface area (Å²) in [4.78, 5) is 0. The second-order valence-corrected chi connectivity index (χ2v) is 6.31. The third kappa shape index (κ3) is 2.76. The number of rotatable bonds is 0. The zero-order valence-corrected chi connectivity index (χ0v) is 11.0. The van der Waals surface area contributed by atoms with E-state index in [0.717, 1.165) is 12.8 Å². The van der Waals surface area contributed by atoms with Gasteiger partial charge in [-0.15, -0.1) is 0 Å². The highest BCUT2D eigenvalue weighted by Crippen LogP contribution is 2.43. The number of hydrogen-bond acceptors (Lipinski definition) is 1. The number of epoxide rings is 1. The lowest BCUT2D eigenvalue weighted by atomic mass is 9.87. The number of ether oxygens (including phenoxy) is 1. The molecule has 0 bridgehead atoms. The van der Waals surface area contributed by atoms with Crippen LogP contribution in [0.5, 0.6) is 0 Å². The van der Waals surface area contributed by atoms with Gasteiger partial charge in [0.05, 0.1) is 11.7 Å². The molecule has 0 aromatic heterocycles. The van der Waals surface area contributed by atoms with Crippen LogP contribution in [0.25, 0.3) is 0 Å². The Bertz CT molecular complexity index is 324. The maximum absolute atomic E-state index is 5.82. The van der Waals surface area contributed by atoms with E-state index in [1.54, 1.807) is 0 Å². The predicted octanol–water partition coefficient (Wildman–Crippen LogP) is 4.25. The van der Waals surface area contributed by atoms with Gasteiger partial charge in [0, 0.05) is 0 Å². The van der Waals surface area contributed by atoms with Crippen molar-refractivity contribution in [1.82, 2.24) is 0 Å². The molecular formula is C15H24O. The third-order valence-corrected chi connectivity index (χ3v) is 3.91. The van der Waals surface area contributed by atoms with Crippen molar-refractivity contribution < 1.29 is 4.74 Å². The maximum atomic E-state index is 5.82.